The molecule has 1 aliphatic carbocycles. The Morgan fingerprint density at radius 2 is 1.58 bits per heavy atom. The first kappa shape index (κ1) is 15.2. The molecule has 2 nitrogen and oxygen atoms in total. The minimum absolute atomic E-state index is 0.362. The van der Waals surface area contributed by atoms with Crippen LogP contribution < -0.4 is 5.32 Å². The summed E-state index contributed by atoms with van der Waals surface area (Å²) in [6, 6.07) is 0.589. The molecular formula is C16H30N2S. The van der Waals surface area contributed by atoms with Crippen LogP contribution in [0.1, 0.15) is 60.8 Å². The van der Waals surface area contributed by atoms with Crippen LogP contribution >= 0.6 is 11.8 Å². The smallest absolute Gasteiger partial charge is 0.156 e. The van der Waals surface area contributed by atoms with Crippen molar-refractivity contribution in [1.82, 2.24) is 5.32 Å². The lowest BCUT2D eigenvalue weighted by atomic mass is 9.63. The van der Waals surface area contributed by atoms with Crippen molar-refractivity contribution in [3.05, 3.63) is 0 Å². The molecule has 1 aliphatic heterocycles. The van der Waals surface area contributed by atoms with Gasteiger partial charge in [0.15, 0.2) is 5.17 Å². The molecule has 0 atom stereocenters. The first-order valence-electron chi connectivity index (χ1n) is 7.51. The van der Waals surface area contributed by atoms with Gasteiger partial charge in [-0.15, -0.1) is 0 Å². The summed E-state index contributed by atoms with van der Waals surface area (Å²) in [5.41, 5.74) is 1.25. The predicted octanol–water partition coefficient (Wildman–Crippen LogP) is 4.31. The fourth-order valence-electron chi connectivity index (χ4n) is 3.85. The highest BCUT2D eigenvalue weighted by molar-refractivity contribution is 8.13. The van der Waals surface area contributed by atoms with E-state index in [2.05, 4.69) is 46.9 Å². The number of nitrogens with one attached hydrogen (secondary N) is 1. The molecule has 110 valence electrons. The van der Waals surface area contributed by atoms with Gasteiger partial charge in [-0.1, -0.05) is 53.3 Å². The number of rotatable bonds is 1. The van der Waals surface area contributed by atoms with E-state index in [-0.39, 0.29) is 0 Å². The van der Waals surface area contributed by atoms with Crippen LogP contribution in [0.15, 0.2) is 4.99 Å². The van der Waals surface area contributed by atoms with Crippen LogP contribution in [-0.4, -0.2) is 23.5 Å². The van der Waals surface area contributed by atoms with Crippen molar-refractivity contribution in [2.24, 2.45) is 21.2 Å². The molecule has 0 saturated heterocycles. The van der Waals surface area contributed by atoms with Crippen molar-refractivity contribution in [3.8, 4) is 0 Å². The molecule has 0 bridgehead atoms. The standard InChI is InChI=1S/C16H30N2S/c1-14(2)7-12(8-15(3,4)9-14)18-13-17-10-16(5,6)11-19-13/h12H,7-11H2,1-6H3,(H,17,18). The van der Waals surface area contributed by atoms with Crippen LogP contribution in [0, 0.1) is 16.2 Å². The Balaban J connectivity index is 1.98. The first-order valence-corrected chi connectivity index (χ1v) is 8.49. The van der Waals surface area contributed by atoms with E-state index in [0.717, 1.165) is 6.54 Å². The summed E-state index contributed by atoms with van der Waals surface area (Å²) in [5.74, 6) is 1.18. The normalized spacial score (nSPS) is 29.7. The van der Waals surface area contributed by atoms with Crippen LogP contribution in [0.2, 0.25) is 0 Å². The molecule has 2 rings (SSSR count). The average Bonchev–Trinajstić information content (AvgIpc) is 2.16. The average molecular weight is 282 g/mol. The summed E-state index contributed by atoms with van der Waals surface area (Å²) < 4.78 is 0. The molecule has 1 N–H and O–H groups in total. The Morgan fingerprint density at radius 1 is 1.00 bits per heavy atom. The largest absolute Gasteiger partial charge is 0.362 e. The fraction of sp³-hybridized carbons (Fsp3) is 0.938. The number of aliphatic imine (C=N–C) groups is 1. The maximum absolute atomic E-state index is 4.74. The van der Waals surface area contributed by atoms with E-state index < -0.39 is 0 Å². The van der Waals surface area contributed by atoms with Crippen LogP contribution in [0.5, 0.6) is 0 Å². The van der Waals surface area contributed by atoms with Gasteiger partial charge in [0.2, 0.25) is 0 Å². The first-order chi connectivity index (χ1) is 8.57. The maximum atomic E-state index is 4.74. The highest BCUT2D eigenvalue weighted by atomic mass is 32.2. The van der Waals surface area contributed by atoms with Crippen molar-refractivity contribution in [3.63, 3.8) is 0 Å². The highest BCUT2D eigenvalue weighted by Gasteiger charge is 2.39. The molecule has 0 amide bonds. The highest BCUT2D eigenvalue weighted by Crippen LogP contribution is 2.45. The topological polar surface area (TPSA) is 24.4 Å². The SMILES string of the molecule is CC1(C)CN=C(NC2CC(C)(C)CC(C)(C)C2)SC1. The van der Waals surface area contributed by atoms with Crippen molar-refractivity contribution in [2.45, 2.75) is 66.8 Å². The number of thioether (sulfide) groups is 1. The molecule has 0 radical (unpaired) electrons. The van der Waals surface area contributed by atoms with Gasteiger partial charge in [-0.3, -0.25) is 4.99 Å². The predicted molar refractivity (Wildman–Crippen MR) is 86.9 cm³/mol. The Bertz CT molecular complexity index is 353. The molecule has 1 fully saturated rings. The van der Waals surface area contributed by atoms with Crippen LogP contribution in [0.25, 0.3) is 0 Å². The second-order valence-corrected chi connectivity index (χ2v) is 9.79. The molecule has 0 aromatic rings. The van der Waals surface area contributed by atoms with E-state index in [9.17, 15) is 0 Å². The van der Waals surface area contributed by atoms with Gasteiger partial charge in [0.05, 0.1) is 0 Å². The second-order valence-electron chi connectivity index (χ2n) is 8.83. The van der Waals surface area contributed by atoms with E-state index in [1.165, 1.54) is 30.2 Å². The van der Waals surface area contributed by atoms with Gasteiger partial charge in [-0.05, 0) is 35.5 Å². The Labute approximate surface area is 123 Å². The van der Waals surface area contributed by atoms with Crippen LogP contribution in [0.3, 0.4) is 0 Å². The second kappa shape index (κ2) is 4.98. The number of hydrogen-bond donors (Lipinski definition) is 1. The van der Waals surface area contributed by atoms with Crippen molar-refractivity contribution < 1.29 is 0 Å². The lowest BCUT2D eigenvalue weighted by Crippen LogP contribution is -2.46. The van der Waals surface area contributed by atoms with Crippen molar-refractivity contribution in [1.29, 1.82) is 0 Å². The fourth-order valence-corrected chi connectivity index (χ4v) is 4.88. The maximum Gasteiger partial charge on any atom is 0.156 e. The molecule has 1 saturated carbocycles. The quantitative estimate of drug-likeness (QED) is 0.775. The van der Waals surface area contributed by atoms with E-state index in [0.29, 0.717) is 22.3 Å². The molecule has 3 heteroatoms. The minimum Gasteiger partial charge on any atom is -0.362 e. The lowest BCUT2D eigenvalue weighted by Gasteiger charge is -2.45. The zero-order chi connectivity index (χ0) is 14.3. The number of nitrogens with zero attached hydrogens (tertiary/aromatic N) is 1. The number of hydrogen-bond acceptors (Lipinski definition) is 3. The van der Waals surface area contributed by atoms with Gasteiger partial charge < -0.3 is 5.32 Å². The molecule has 0 unspecified atom stereocenters. The molecule has 0 aromatic heterocycles. The minimum atomic E-state index is 0.362. The van der Waals surface area contributed by atoms with Gasteiger partial charge >= 0.3 is 0 Å². The third-order valence-electron chi connectivity index (χ3n) is 4.13. The zero-order valence-corrected chi connectivity index (χ0v) is 14.3. The Hall–Kier alpha value is -0.180. The molecule has 0 spiro atoms. The monoisotopic (exact) mass is 282 g/mol. The summed E-state index contributed by atoms with van der Waals surface area (Å²) in [6.07, 6.45) is 3.85. The summed E-state index contributed by atoms with van der Waals surface area (Å²) in [5, 5.41) is 4.90. The van der Waals surface area contributed by atoms with Crippen LogP contribution in [0.4, 0.5) is 0 Å². The summed E-state index contributed by atoms with van der Waals surface area (Å²) >= 11 is 1.90. The van der Waals surface area contributed by atoms with Gasteiger partial charge in [0.1, 0.15) is 0 Å². The molecule has 0 aromatic carbocycles. The molecule has 2 aliphatic rings. The molecular weight excluding hydrogens is 252 g/mol. The molecule has 1 heterocycles. The van der Waals surface area contributed by atoms with E-state index in [4.69, 9.17) is 4.99 Å². The van der Waals surface area contributed by atoms with Gasteiger partial charge in [0.25, 0.3) is 0 Å². The molecule has 19 heavy (non-hydrogen) atoms. The van der Waals surface area contributed by atoms with Crippen LogP contribution in [-0.2, 0) is 0 Å². The van der Waals surface area contributed by atoms with Gasteiger partial charge in [0, 0.05) is 18.3 Å². The summed E-state index contributed by atoms with van der Waals surface area (Å²) in [6.45, 7) is 15.2. The van der Waals surface area contributed by atoms with E-state index in [1.807, 2.05) is 11.8 Å². The van der Waals surface area contributed by atoms with E-state index in [1.54, 1.807) is 0 Å². The summed E-state index contributed by atoms with van der Waals surface area (Å²) in [4.78, 5) is 4.74. The Kier molecular flexibility index (Phi) is 3.99. The lowest BCUT2D eigenvalue weighted by molar-refractivity contribution is 0.0924. The summed E-state index contributed by atoms with van der Waals surface area (Å²) in [7, 11) is 0. The van der Waals surface area contributed by atoms with Gasteiger partial charge in [-0.2, -0.15) is 0 Å². The Morgan fingerprint density at radius 3 is 2.05 bits per heavy atom. The third kappa shape index (κ3) is 4.40. The zero-order valence-electron chi connectivity index (χ0n) is 13.5. The third-order valence-corrected chi connectivity index (χ3v) is 5.58. The van der Waals surface area contributed by atoms with E-state index >= 15 is 0 Å². The number of amidine groups is 1. The van der Waals surface area contributed by atoms with Crippen molar-refractivity contribution >= 4 is 16.9 Å². The van der Waals surface area contributed by atoms with Gasteiger partial charge in [-0.25, -0.2) is 0 Å². The van der Waals surface area contributed by atoms with Crippen molar-refractivity contribution in [2.75, 3.05) is 12.3 Å².